The summed E-state index contributed by atoms with van der Waals surface area (Å²) in [5.74, 6) is 2.38. The van der Waals surface area contributed by atoms with Crippen molar-refractivity contribution in [2.24, 2.45) is 56.7 Å². The number of fused-ring (bicyclic) bond motifs is 7. The van der Waals surface area contributed by atoms with Crippen molar-refractivity contribution in [3.63, 3.8) is 0 Å². The summed E-state index contributed by atoms with van der Waals surface area (Å²) in [6, 6.07) is 0. The van der Waals surface area contributed by atoms with E-state index >= 15 is 0 Å². The van der Waals surface area contributed by atoms with Crippen LogP contribution in [0.15, 0.2) is 12.2 Å². The van der Waals surface area contributed by atoms with Crippen molar-refractivity contribution in [1.29, 1.82) is 0 Å². The zero-order valence-corrected chi connectivity index (χ0v) is 31.1. The van der Waals surface area contributed by atoms with E-state index in [-0.39, 0.29) is 45.8 Å². The maximum Gasteiger partial charge on any atom is 0.306 e. The first kappa shape index (κ1) is 36.4. The van der Waals surface area contributed by atoms with Crippen LogP contribution in [0.25, 0.3) is 0 Å². The number of carbonyl (C=O) groups is 1. The molecule has 5 saturated carbocycles. The molecule has 264 valence electrons. The summed E-state index contributed by atoms with van der Waals surface area (Å²) in [6.07, 6.45) is 21.1. The number of allylic oxidation sites excluding steroid dienone is 1. The monoisotopic (exact) mass is 641 g/mol. The number of ether oxygens (including phenoxy) is 1. The van der Waals surface area contributed by atoms with Crippen LogP contribution in [0.3, 0.4) is 0 Å². The average Bonchev–Trinajstić information content (AvgIpc) is 3.40. The largest absolute Gasteiger partial charge is 0.462 e. The Kier molecular flexibility index (Phi) is 10.9. The highest BCUT2D eigenvalue weighted by Crippen LogP contribution is 2.77. The molecule has 4 heteroatoms. The molecular formula is C42H72O4. The molecule has 4 nitrogen and oxygen atoms in total. The molecular weight excluding hydrogens is 568 g/mol. The van der Waals surface area contributed by atoms with Gasteiger partial charge in [-0.1, -0.05) is 105 Å². The molecule has 0 aromatic rings. The standard InChI is InChI=1S/C42H72O4/c1-9-10-11-12-13-14-15-16-17-18-36(45)46-35-23-24-39(6)32(38(35,4)5)22-25-40(7)33(39)20-19-31-37-30(29(2)3)21-26-42(37,28-43)34(44)27-41(31,40)8/h30-35,37,43-44H,2,9-28H2,1,3-8H3/t30-,31-,32-,33+,34-,35-,37+,39-,40+,41+,42-/m0/s1. The van der Waals surface area contributed by atoms with Gasteiger partial charge in [0.2, 0.25) is 0 Å². The van der Waals surface area contributed by atoms with Gasteiger partial charge in [-0.15, -0.1) is 0 Å². The molecule has 0 saturated heterocycles. The van der Waals surface area contributed by atoms with Crippen LogP contribution in [-0.2, 0) is 9.53 Å². The number of hydrogen-bond acceptors (Lipinski definition) is 4. The summed E-state index contributed by atoms with van der Waals surface area (Å²) < 4.78 is 6.35. The van der Waals surface area contributed by atoms with Crippen LogP contribution in [0.5, 0.6) is 0 Å². The lowest BCUT2D eigenvalue weighted by molar-refractivity contribution is -0.267. The smallest absolute Gasteiger partial charge is 0.306 e. The molecule has 0 amide bonds. The van der Waals surface area contributed by atoms with Crippen molar-refractivity contribution in [2.45, 2.75) is 183 Å². The quantitative estimate of drug-likeness (QED) is 0.119. The first-order chi connectivity index (χ1) is 21.7. The number of aliphatic hydroxyl groups is 2. The second kappa shape index (κ2) is 13.8. The van der Waals surface area contributed by atoms with Gasteiger partial charge < -0.3 is 14.9 Å². The highest BCUT2D eigenvalue weighted by atomic mass is 16.5. The molecule has 5 fully saturated rings. The number of hydrogen-bond donors (Lipinski definition) is 2. The number of esters is 1. The fourth-order valence-electron chi connectivity index (χ4n) is 13.6. The van der Waals surface area contributed by atoms with Crippen molar-refractivity contribution in [3.8, 4) is 0 Å². The summed E-state index contributed by atoms with van der Waals surface area (Å²) in [5, 5.41) is 22.8. The van der Waals surface area contributed by atoms with Gasteiger partial charge in [-0.25, -0.2) is 0 Å². The SMILES string of the molecule is C=C(C)[C@@H]1CC[C@@]2(CO)[C@H]1[C@@H]1CC[C@@H]3[C@@]4(C)CC[C@H](OC(=O)CCCCCCCCCCC)C(C)(C)[C@@H]4CC[C@@]3(C)[C@]1(C)C[C@@H]2O. The maximum absolute atomic E-state index is 13.1. The summed E-state index contributed by atoms with van der Waals surface area (Å²) >= 11 is 0. The molecule has 46 heavy (non-hydrogen) atoms. The van der Waals surface area contributed by atoms with Crippen LogP contribution < -0.4 is 0 Å². The second-order valence-corrected chi connectivity index (χ2v) is 18.7. The Labute approximate surface area is 283 Å². The van der Waals surface area contributed by atoms with Gasteiger partial charge >= 0.3 is 5.97 Å². The third-order valence-electron chi connectivity index (χ3n) is 16.3. The molecule has 11 atom stereocenters. The zero-order chi connectivity index (χ0) is 33.5. The third kappa shape index (κ3) is 5.88. The maximum atomic E-state index is 13.1. The van der Waals surface area contributed by atoms with Crippen molar-refractivity contribution >= 4 is 5.97 Å². The molecule has 0 aliphatic heterocycles. The van der Waals surface area contributed by atoms with Crippen molar-refractivity contribution in [1.82, 2.24) is 0 Å². The second-order valence-electron chi connectivity index (χ2n) is 18.7. The van der Waals surface area contributed by atoms with E-state index in [9.17, 15) is 15.0 Å². The minimum Gasteiger partial charge on any atom is -0.462 e. The Hall–Kier alpha value is -0.870. The van der Waals surface area contributed by atoms with E-state index in [0.717, 1.165) is 44.9 Å². The van der Waals surface area contributed by atoms with Crippen LogP contribution in [-0.4, -0.2) is 35.0 Å². The molecule has 5 aliphatic rings. The predicted octanol–water partition coefficient (Wildman–Crippen LogP) is 10.4. The van der Waals surface area contributed by atoms with Crippen LogP contribution in [0, 0.1) is 56.7 Å². The molecule has 5 rings (SSSR count). The Morgan fingerprint density at radius 3 is 2.09 bits per heavy atom. The molecule has 5 aliphatic carbocycles. The van der Waals surface area contributed by atoms with Gasteiger partial charge in [-0.05, 0) is 117 Å². The highest BCUT2D eigenvalue weighted by Gasteiger charge is 2.72. The lowest BCUT2D eigenvalue weighted by atomic mass is 9.32. The topological polar surface area (TPSA) is 66.8 Å². The molecule has 0 aromatic heterocycles. The van der Waals surface area contributed by atoms with Crippen molar-refractivity contribution < 1.29 is 19.7 Å². The van der Waals surface area contributed by atoms with Gasteiger partial charge in [0.15, 0.2) is 0 Å². The number of rotatable bonds is 13. The average molecular weight is 641 g/mol. The van der Waals surface area contributed by atoms with Gasteiger partial charge in [-0.2, -0.15) is 0 Å². The summed E-state index contributed by atoms with van der Waals surface area (Å²) in [7, 11) is 0. The Balaban J connectivity index is 1.25. The number of unbranched alkanes of at least 4 members (excludes halogenated alkanes) is 8. The van der Waals surface area contributed by atoms with E-state index in [1.54, 1.807) is 0 Å². The molecule has 0 bridgehead atoms. The van der Waals surface area contributed by atoms with Gasteiger partial charge in [0.25, 0.3) is 0 Å². The normalized spacial score (nSPS) is 44.4. The first-order valence-corrected chi connectivity index (χ1v) is 19.9. The molecule has 0 unspecified atom stereocenters. The molecule has 0 heterocycles. The lowest BCUT2D eigenvalue weighted by Gasteiger charge is -2.73. The van der Waals surface area contributed by atoms with E-state index in [1.807, 2.05) is 0 Å². The Bertz CT molecular complexity index is 1080. The van der Waals surface area contributed by atoms with Crippen LogP contribution in [0.4, 0.5) is 0 Å². The first-order valence-electron chi connectivity index (χ1n) is 19.9. The Morgan fingerprint density at radius 2 is 1.46 bits per heavy atom. The molecule has 2 N–H and O–H groups in total. The van der Waals surface area contributed by atoms with Crippen LogP contribution in [0.1, 0.15) is 170 Å². The minimum absolute atomic E-state index is 0.00408. The van der Waals surface area contributed by atoms with Gasteiger partial charge in [0.1, 0.15) is 6.10 Å². The summed E-state index contributed by atoms with van der Waals surface area (Å²) in [6.45, 7) is 21.5. The van der Waals surface area contributed by atoms with Gasteiger partial charge in [0.05, 0.1) is 12.7 Å². The number of carbonyl (C=O) groups excluding carboxylic acids is 1. The zero-order valence-electron chi connectivity index (χ0n) is 31.1. The minimum atomic E-state index is -0.452. The van der Waals surface area contributed by atoms with Gasteiger partial charge in [-0.3, -0.25) is 4.79 Å². The Morgan fingerprint density at radius 1 is 0.804 bits per heavy atom. The summed E-state index contributed by atoms with van der Waals surface area (Å²) in [4.78, 5) is 13.1. The van der Waals surface area contributed by atoms with E-state index in [0.29, 0.717) is 36.0 Å². The van der Waals surface area contributed by atoms with Crippen LogP contribution in [0.2, 0.25) is 0 Å². The highest BCUT2D eigenvalue weighted by molar-refractivity contribution is 5.69. The fraction of sp³-hybridized carbons (Fsp3) is 0.929. The van der Waals surface area contributed by atoms with Crippen molar-refractivity contribution in [3.05, 3.63) is 12.2 Å². The fourth-order valence-corrected chi connectivity index (χ4v) is 13.6. The predicted molar refractivity (Wildman–Crippen MR) is 189 cm³/mol. The van der Waals surface area contributed by atoms with Gasteiger partial charge in [0, 0.05) is 17.3 Å². The lowest BCUT2D eigenvalue weighted by Crippen LogP contribution is -2.68. The van der Waals surface area contributed by atoms with Crippen LogP contribution >= 0.6 is 0 Å². The van der Waals surface area contributed by atoms with E-state index < -0.39 is 6.10 Å². The van der Waals surface area contributed by atoms with Crippen molar-refractivity contribution in [2.75, 3.05) is 6.61 Å². The third-order valence-corrected chi connectivity index (χ3v) is 16.3. The molecule has 0 radical (unpaired) electrons. The number of aliphatic hydroxyl groups excluding tert-OH is 2. The van der Waals surface area contributed by atoms with E-state index in [4.69, 9.17) is 4.74 Å². The molecule has 0 spiro atoms. The molecule has 0 aromatic carbocycles. The summed E-state index contributed by atoms with van der Waals surface area (Å²) in [5.41, 5.74) is 1.21. The van der Waals surface area contributed by atoms with E-state index in [2.05, 4.69) is 55.0 Å². The van der Waals surface area contributed by atoms with E-state index in [1.165, 1.54) is 76.2 Å².